The average molecular weight is 471 g/mol. The van der Waals surface area contributed by atoms with Crippen LogP contribution in [0.3, 0.4) is 0 Å². The van der Waals surface area contributed by atoms with Gasteiger partial charge in [-0.3, -0.25) is 4.57 Å². The molecular weight excluding hydrogens is 456 g/mol. The summed E-state index contributed by atoms with van der Waals surface area (Å²) in [6.45, 7) is 0. The van der Waals surface area contributed by atoms with Gasteiger partial charge in [0.2, 0.25) is 4.80 Å². The lowest BCUT2D eigenvalue weighted by Gasteiger charge is -2.09. The molecule has 0 N–H and O–H groups in total. The number of thiazole rings is 1. The molecule has 0 atom stereocenters. The molecule has 0 aliphatic rings. The normalized spacial score (nSPS) is 12.2. The Morgan fingerprint density at radius 3 is 2.07 bits per heavy atom. The fourth-order valence-corrected chi connectivity index (χ4v) is 5.16. The monoisotopic (exact) mass is 470 g/mol. The van der Waals surface area contributed by atoms with Gasteiger partial charge < -0.3 is 0 Å². The molecule has 0 saturated heterocycles. The minimum Gasteiger partial charge on any atom is -0.284 e. The van der Waals surface area contributed by atoms with Gasteiger partial charge in [0.1, 0.15) is 0 Å². The largest absolute Gasteiger partial charge is 0.285 e. The van der Waals surface area contributed by atoms with Crippen LogP contribution in [0.25, 0.3) is 16.9 Å². The first-order valence-corrected chi connectivity index (χ1v) is 11.5. The Balaban J connectivity index is 1.95. The van der Waals surface area contributed by atoms with Crippen molar-refractivity contribution in [1.82, 2.24) is 4.57 Å². The molecule has 1 heterocycles. The van der Waals surface area contributed by atoms with E-state index in [0.29, 0.717) is 4.80 Å². The predicted octanol–water partition coefficient (Wildman–Crippen LogP) is 5.26. The SMILES string of the molecule is O=S(=O)(N=c1scc(-c2ccc(Br)cc2)n1-c1ccccc1)c1ccccc1. The van der Waals surface area contributed by atoms with Gasteiger partial charge in [-0.05, 0) is 42.0 Å². The van der Waals surface area contributed by atoms with Crippen LogP contribution in [0.5, 0.6) is 0 Å². The van der Waals surface area contributed by atoms with Crippen molar-refractivity contribution in [2.45, 2.75) is 4.90 Å². The Bertz CT molecular complexity index is 1260. The Morgan fingerprint density at radius 2 is 1.43 bits per heavy atom. The number of hydrogen-bond donors (Lipinski definition) is 0. The van der Waals surface area contributed by atoms with Crippen molar-refractivity contribution in [3.05, 3.63) is 99.6 Å². The highest BCUT2D eigenvalue weighted by Crippen LogP contribution is 2.25. The Kier molecular flexibility index (Phi) is 5.30. The van der Waals surface area contributed by atoms with Crippen molar-refractivity contribution < 1.29 is 8.42 Å². The highest BCUT2D eigenvalue weighted by Gasteiger charge is 2.15. The summed E-state index contributed by atoms with van der Waals surface area (Å²) < 4.78 is 32.6. The Hall–Kier alpha value is -2.48. The average Bonchev–Trinajstić information content (AvgIpc) is 3.12. The minimum atomic E-state index is -3.81. The fourth-order valence-electron chi connectivity index (χ4n) is 2.77. The first kappa shape index (κ1) is 18.9. The van der Waals surface area contributed by atoms with Crippen LogP contribution in [-0.2, 0) is 10.0 Å². The molecule has 7 heteroatoms. The van der Waals surface area contributed by atoms with E-state index in [9.17, 15) is 8.42 Å². The number of benzene rings is 3. The first-order chi connectivity index (χ1) is 13.5. The van der Waals surface area contributed by atoms with E-state index >= 15 is 0 Å². The maximum absolute atomic E-state index is 12.8. The second-order valence-corrected chi connectivity index (χ2v) is 9.32. The summed E-state index contributed by atoms with van der Waals surface area (Å²) >= 11 is 4.75. The van der Waals surface area contributed by atoms with Gasteiger partial charge in [0, 0.05) is 15.5 Å². The van der Waals surface area contributed by atoms with Gasteiger partial charge in [-0.1, -0.05) is 64.5 Å². The molecule has 0 spiro atoms. The third kappa shape index (κ3) is 3.87. The van der Waals surface area contributed by atoms with Crippen molar-refractivity contribution in [3.63, 3.8) is 0 Å². The quantitative estimate of drug-likeness (QED) is 0.408. The maximum Gasteiger partial charge on any atom is 0.285 e. The number of hydrogen-bond acceptors (Lipinski definition) is 3. The van der Waals surface area contributed by atoms with Gasteiger partial charge in [0.25, 0.3) is 10.0 Å². The molecule has 0 radical (unpaired) electrons. The standard InChI is InChI=1S/C21H15BrN2O2S2/c22-17-13-11-16(12-14-17)20-15-27-21(24(20)18-7-3-1-4-8-18)23-28(25,26)19-9-5-2-6-10-19/h1-15H. The van der Waals surface area contributed by atoms with Gasteiger partial charge in [0.15, 0.2) is 0 Å². The van der Waals surface area contributed by atoms with Gasteiger partial charge in [-0.2, -0.15) is 8.42 Å². The zero-order valence-corrected chi connectivity index (χ0v) is 17.8. The highest BCUT2D eigenvalue weighted by molar-refractivity contribution is 9.10. The van der Waals surface area contributed by atoms with Crippen LogP contribution < -0.4 is 4.80 Å². The molecule has 0 bridgehead atoms. The van der Waals surface area contributed by atoms with E-state index in [2.05, 4.69) is 20.3 Å². The van der Waals surface area contributed by atoms with Crippen molar-refractivity contribution in [3.8, 4) is 16.9 Å². The molecular formula is C21H15BrN2O2S2. The Labute approximate surface area is 175 Å². The van der Waals surface area contributed by atoms with E-state index in [1.165, 1.54) is 11.3 Å². The smallest absolute Gasteiger partial charge is 0.284 e. The second kappa shape index (κ2) is 7.87. The number of halogens is 1. The first-order valence-electron chi connectivity index (χ1n) is 8.42. The van der Waals surface area contributed by atoms with Crippen LogP contribution in [-0.4, -0.2) is 13.0 Å². The van der Waals surface area contributed by atoms with Gasteiger partial charge in [-0.25, -0.2) is 0 Å². The van der Waals surface area contributed by atoms with Crippen LogP contribution in [0.4, 0.5) is 0 Å². The lowest BCUT2D eigenvalue weighted by molar-refractivity contribution is 0.596. The molecule has 4 aromatic rings. The summed E-state index contributed by atoms with van der Waals surface area (Å²) in [6.07, 6.45) is 0. The van der Waals surface area contributed by atoms with Crippen molar-refractivity contribution in [2.75, 3.05) is 0 Å². The van der Waals surface area contributed by atoms with E-state index in [4.69, 9.17) is 0 Å². The minimum absolute atomic E-state index is 0.174. The van der Waals surface area contributed by atoms with Crippen molar-refractivity contribution in [2.24, 2.45) is 4.40 Å². The van der Waals surface area contributed by atoms with E-state index in [0.717, 1.165) is 21.4 Å². The number of sulfonamides is 1. The topological polar surface area (TPSA) is 51.4 Å². The van der Waals surface area contributed by atoms with Gasteiger partial charge >= 0.3 is 0 Å². The number of rotatable bonds is 4. The Morgan fingerprint density at radius 1 is 0.821 bits per heavy atom. The summed E-state index contributed by atoms with van der Waals surface area (Å²) in [6, 6.07) is 25.8. The summed E-state index contributed by atoms with van der Waals surface area (Å²) in [4.78, 5) is 0.571. The number of para-hydroxylation sites is 1. The van der Waals surface area contributed by atoms with Crippen LogP contribution >= 0.6 is 27.3 Å². The molecule has 0 aliphatic heterocycles. The molecule has 0 aliphatic carbocycles. The van der Waals surface area contributed by atoms with Crippen molar-refractivity contribution >= 4 is 37.3 Å². The third-order valence-corrected chi connectivity index (χ3v) is 6.85. The summed E-state index contributed by atoms with van der Waals surface area (Å²) in [5.41, 5.74) is 2.70. The zero-order valence-electron chi connectivity index (χ0n) is 14.6. The second-order valence-electron chi connectivity index (χ2n) is 5.96. The number of aromatic nitrogens is 1. The highest BCUT2D eigenvalue weighted by atomic mass is 79.9. The molecule has 0 fully saturated rings. The zero-order chi connectivity index (χ0) is 19.6. The van der Waals surface area contributed by atoms with Gasteiger partial charge in [-0.15, -0.1) is 15.7 Å². The summed E-state index contributed by atoms with van der Waals surface area (Å²) in [5, 5.41) is 1.93. The third-order valence-electron chi connectivity index (χ3n) is 4.10. The molecule has 140 valence electrons. The van der Waals surface area contributed by atoms with E-state index < -0.39 is 10.0 Å². The van der Waals surface area contributed by atoms with E-state index in [1.54, 1.807) is 30.3 Å². The van der Waals surface area contributed by atoms with E-state index in [1.807, 2.05) is 64.5 Å². The van der Waals surface area contributed by atoms with Crippen LogP contribution in [0.2, 0.25) is 0 Å². The molecule has 28 heavy (non-hydrogen) atoms. The molecule has 3 aromatic carbocycles. The summed E-state index contributed by atoms with van der Waals surface area (Å²) in [7, 11) is -3.81. The molecule has 1 aromatic heterocycles. The van der Waals surface area contributed by atoms with Crippen LogP contribution in [0.1, 0.15) is 0 Å². The fraction of sp³-hybridized carbons (Fsp3) is 0. The van der Waals surface area contributed by atoms with E-state index in [-0.39, 0.29) is 4.90 Å². The molecule has 0 unspecified atom stereocenters. The lowest BCUT2D eigenvalue weighted by atomic mass is 10.1. The predicted molar refractivity (Wildman–Crippen MR) is 116 cm³/mol. The lowest BCUT2D eigenvalue weighted by Crippen LogP contribution is -2.16. The molecule has 4 rings (SSSR count). The number of nitrogens with zero attached hydrogens (tertiary/aromatic N) is 2. The van der Waals surface area contributed by atoms with Crippen molar-refractivity contribution in [1.29, 1.82) is 0 Å². The molecule has 0 amide bonds. The summed E-state index contributed by atoms with van der Waals surface area (Å²) in [5.74, 6) is 0. The molecule has 4 nitrogen and oxygen atoms in total. The molecule has 0 saturated carbocycles. The van der Waals surface area contributed by atoms with Gasteiger partial charge in [0.05, 0.1) is 10.6 Å². The maximum atomic E-state index is 12.8. The van der Waals surface area contributed by atoms with Crippen LogP contribution in [0, 0.1) is 0 Å². The van der Waals surface area contributed by atoms with Crippen LogP contribution in [0.15, 0.2) is 104 Å².